The lowest BCUT2D eigenvalue weighted by molar-refractivity contribution is 0.807. The molecule has 4 heteroatoms. The molecule has 0 fully saturated rings. The molecule has 0 aliphatic rings. The Morgan fingerprint density at radius 1 is 1.18 bits per heavy atom. The highest BCUT2D eigenvalue weighted by atomic mass is 32.1. The second-order valence-electron chi connectivity index (χ2n) is 5.31. The van der Waals surface area contributed by atoms with Gasteiger partial charge in [0.25, 0.3) is 0 Å². The number of aryl methyl sites for hydroxylation is 1. The zero-order valence-corrected chi connectivity index (χ0v) is 13.2. The Bertz CT molecular complexity index is 820. The van der Waals surface area contributed by atoms with Gasteiger partial charge >= 0.3 is 0 Å². The minimum absolute atomic E-state index is 0.423. The van der Waals surface area contributed by atoms with Gasteiger partial charge in [-0.2, -0.15) is 0 Å². The maximum atomic E-state index is 5.71. The van der Waals surface area contributed by atoms with Gasteiger partial charge in [-0.3, -0.25) is 0 Å². The minimum Gasteiger partial charge on any atom is -0.389 e. The van der Waals surface area contributed by atoms with Crippen molar-refractivity contribution < 1.29 is 0 Å². The van der Waals surface area contributed by atoms with Crippen LogP contribution >= 0.6 is 12.2 Å². The Balaban J connectivity index is 1.93. The van der Waals surface area contributed by atoms with Gasteiger partial charge in [0.05, 0.1) is 0 Å². The van der Waals surface area contributed by atoms with Crippen molar-refractivity contribution in [2.24, 2.45) is 5.73 Å². The predicted octanol–water partition coefficient (Wildman–Crippen LogP) is 3.54. The van der Waals surface area contributed by atoms with Gasteiger partial charge in [0, 0.05) is 30.1 Å². The summed E-state index contributed by atoms with van der Waals surface area (Å²) in [6, 6.07) is 16.4. The number of rotatable bonds is 4. The number of imidazole rings is 1. The first-order valence-electron chi connectivity index (χ1n) is 7.10. The number of aromatic nitrogens is 2. The first-order valence-corrected chi connectivity index (χ1v) is 7.51. The molecule has 0 radical (unpaired) electrons. The molecule has 110 valence electrons. The number of hydrogen-bond donors (Lipinski definition) is 1. The third-order valence-corrected chi connectivity index (χ3v) is 3.79. The molecule has 2 aromatic carbocycles. The van der Waals surface area contributed by atoms with Gasteiger partial charge in [0.15, 0.2) is 0 Å². The molecule has 0 saturated carbocycles. The van der Waals surface area contributed by atoms with E-state index in [4.69, 9.17) is 18.0 Å². The number of thiocarbonyl (C=S) groups is 1. The number of hydrogen-bond acceptors (Lipinski definition) is 2. The van der Waals surface area contributed by atoms with Gasteiger partial charge < -0.3 is 10.3 Å². The molecule has 0 unspecified atom stereocenters. The molecule has 0 spiro atoms. The molecule has 2 N–H and O–H groups in total. The van der Waals surface area contributed by atoms with Gasteiger partial charge in [-0.25, -0.2) is 4.98 Å². The summed E-state index contributed by atoms with van der Waals surface area (Å²) in [5, 5.41) is 0. The third kappa shape index (κ3) is 3.07. The average molecular weight is 307 g/mol. The van der Waals surface area contributed by atoms with Crippen molar-refractivity contribution >= 4 is 17.2 Å². The molecule has 0 aliphatic heterocycles. The fraction of sp³-hybridized carbons (Fsp3) is 0.111. The summed E-state index contributed by atoms with van der Waals surface area (Å²) in [4.78, 5) is 4.92. The van der Waals surface area contributed by atoms with E-state index in [9.17, 15) is 0 Å². The zero-order chi connectivity index (χ0) is 15.5. The van der Waals surface area contributed by atoms with Crippen LogP contribution in [0.5, 0.6) is 0 Å². The van der Waals surface area contributed by atoms with Crippen molar-refractivity contribution in [3.8, 4) is 11.4 Å². The standard InChI is InChI=1S/C18H17N3S/c1-13-4-2-7-16(10-13)18-20-8-9-21(18)12-14-5-3-6-15(11-14)17(19)22/h2-11H,12H2,1H3,(H2,19,22). The first kappa shape index (κ1) is 14.5. The van der Waals surface area contributed by atoms with Gasteiger partial charge in [-0.05, 0) is 24.6 Å². The van der Waals surface area contributed by atoms with E-state index in [1.54, 1.807) is 0 Å². The lowest BCUT2D eigenvalue weighted by Gasteiger charge is -2.10. The molecule has 0 bridgehead atoms. The van der Waals surface area contributed by atoms with Crippen LogP contribution in [0.25, 0.3) is 11.4 Å². The molecule has 1 aromatic heterocycles. The van der Waals surface area contributed by atoms with E-state index in [0.717, 1.165) is 29.1 Å². The molecule has 3 rings (SSSR count). The highest BCUT2D eigenvalue weighted by Gasteiger charge is 2.07. The van der Waals surface area contributed by atoms with E-state index in [0.29, 0.717) is 4.99 Å². The Hall–Kier alpha value is -2.46. The molecular weight excluding hydrogens is 290 g/mol. The topological polar surface area (TPSA) is 43.8 Å². The van der Waals surface area contributed by atoms with Crippen molar-refractivity contribution in [3.63, 3.8) is 0 Å². The van der Waals surface area contributed by atoms with Crippen molar-refractivity contribution in [1.29, 1.82) is 0 Å². The van der Waals surface area contributed by atoms with E-state index < -0.39 is 0 Å². The van der Waals surface area contributed by atoms with Crippen molar-refractivity contribution in [2.75, 3.05) is 0 Å². The Kier molecular flexibility index (Phi) is 4.02. The van der Waals surface area contributed by atoms with E-state index >= 15 is 0 Å². The quantitative estimate of drug-likeness (QED) is 0.750. The second-order valence-corrected chi connectivity index (χ2v) is 5.75. The summed E-state index contributed by atoms with van der Waals surface area (Å²) in [5.74, 6) is 0.962. The molecule has 3 nitrogen and oxygen atoms in total. The maximum absolute atomic E-state index is 5.71. The normalized spacial score (nSPS) is 10.6. The summed E-state index contributed by atoms with van der Waals surface area (Å²) in [6.07, 6.45) is 3.82. The van der Waals surface area contributed by atoms with Crippen LogP contribution in [-0.2, 0) is 6.54 Å². The van der Waals surface area contributed by atoms with Crippen LogP contribution in [0, 0.1) is 6.92 Å². The molecule has 0 amide bonds. The van der Waals surface area contributed by atoms with Crippen molar-refractivity contribution in [2.45, 2.75) is 13.5 Å². The van der Waals surface area contributed by atoms with Crippen molar-refractivity contribution in [1.82, 2.24) is 9.55 Å². The molecule has 3 aromatic rings. The Labute approximate surface area is 135 Å². The highest BCUT2D eigenvalue weighted by molar-refractivity contribution is 7.80. The van der Waals surface area contributed by atoms with Crippen LogP contribution in [0.15, 0.2) is 60.9 Å². The monoisotopic (exact) mass is 307 g/mol. The number of nitrogens with zero attached hydrogens (tertiary/aromatic N) is 2. The fourth-order valence-corrected chi connectivity index (χ4v) is 2.63. The molecule has 0 atom stereocenters. The largest absolute Gasteiger partial charge is 0.389 e. The predicted molar refractivity (Wildman–Crippen MR) is 93.8 cm³/mol. The van der Waals surface area contributed by atoms with Crippen molar-refractivity contribution in [3.05, 3.63) is 77.6 Å². The van der Waals surface area contributed by atoms with Gasteiger partial charge in [-0.15, -0.1) is 0 Å². The Morgan fingerprint density at radius 2 is 2.00 bits per heavy atom. The van der Waals surface area contributed by atoms with E-state index in [1.165, 1.54) is 5.56 Å². The molecular formula is C18H17N3S. The van der Waals surface area contributed by atoms with Gasteiger partial charge in [0.2, 0.25) is 0 Å². The second kappa shape index (κ2) is 6.12. The minimum atomic E-state index is 0.423. The SMILES string of the molecule is Cc1cccc(-c2nccn2Cc2cccc(C(N)=S)c2)c1. The zero-order valence-electron chi connectivity index (χ0n) is 12.4. The smallest absolute Gasteiger partial charge is 0.140 e. The summed E-state index contributed by atoms with van der Waals surface area (Å²) in [5.41, 5.74) is 10.1. The van der Waals surface area contributed by atoms with E-state index in [2.05, 4.69) is 46.8 Å². The van der Waals surface area contributed by atoms with Crippen LogP contribution in [0.1, 0.15) is 16.7 Å². The van der Waals surface area contributed by atoms with E-state index in [-0.39, 0.29) is 0 Å². The van der Waals surface area contributed by atoms with Gasteiger partial charge in [-0.1, -0.05) is 54.2 Å². The van der Waals surface area contributed by atoms with E-state index in [1.807, 2.05) is 30.6 Å². The lowest BCUT2D eigenvalue weighted by atomic mass is 10.1. The number of nitrogens with two attached hydrogens (primary N) is 1. The lowest BCUT2D eigenvalue weighted by Crippen LogP contribution is -2.10. The fourth-order valence-electron chi connectivity index (χ4n) is 2.50. The maximum Gasteiger partial charge on any atom is 0.140 e. The van der Waals surface area contributed by atoms with Gasteiger partial charge in [0.1, 0.15) is 10.8 Å². The van der Waals surface area contributed by atoms with Crippen LogP contribution in [-0.4, -0.2) is 14.5 Å². The average Bonchev–Trinajstić information content (AvgIpc) is 2.95. The summed E-state index contributed by atoms with van der Waals surface area (Å²) in [6.45, 7) is 2.82. The highest BCUT2D eigenvalue weighted by Crippen LogP contribution is 2.20. The third-order valence-electron chi connectivity index (χ3n) is 3.56. The summed E-state index contributed by atoms with van der Waals surface area (Å²) >= 11 is 5.04. The van der Waals surface area contributed by atoms with Crippen LogP contribution in [0.4, 0.5) is 0 Å². The summed E-state index contributed by atoms with van der Waals surface area (Å²) < 4.78 is 2.13. The van der Waals surface area contributed by atoms with Crippen LogP contribution in [0.2, 0.25) is 0 Å². The molecule has 22 heavy (non-hydrogen) atoms. The Morgan fingerprint density at radius 3 is 2.77 bits per heavy atom. The molecule has 0 saturated heterocycles. The van der Waals surface area contributed by atoms with Crippen LogP contribution in [0.3, 0.4) is 0 Å². The molecule has 0 aliphatic carbocycles. The first-order chi connectivity index (χ1) is 10.6. The molecule has 1 heterocycles. The summed E-state index contributed by atoms with van der Waals surface area (Å²) in [7, 11) is 0. The van der Waals surface area contributed by atoms with Crippen LogP contribution < -0.4 is 5.73 Å². The number of benzene rings is 2.